The van der Waals surface area contributed by atoms with Gasteiger partial charge in [-0.2, -0.15) is 4.98 Å². The highest BCUT2D eigenvalue weighted by molar-refractivity contribution is 7.90. The number of pyridine rings is 1. The van der Waals surface area contributed by atoms with Crippen molar-refractivity contribution in [3.05, 3.63) is 42.2 Å². The summed E-state index contributed by atoms with van der Waals surface area (Å²) in [6.45, 7) is 7.30. The van der Waals surface area contributed by atoms with E-state index in [0.29, 0.717) is 30.7 Å². The summed E-state index contributed by atoms with van der Waals surface area (Å²) in [7, 11) is -5.69. The van der Waals surface area contributed by atoms with Gasteiger partial charge in [0.2, 0.25) is 5.95 Å². The number of fused-ring (bicyclic) bond motifs is 1. The third kappa shape index (κ3) is 5.79. The molecular formula is C28H37FN6O3S. The van der Waals surface area contributed by atoms with E-state index < -0.39 is 29.2 Å². The fraction of sp³-hybridized carbons (Fsp3) is 0.536. The third-order valence-corrected chi connectivity index (χ3v) is 8.81. The number of aromatic nitrogens is 3. The number of methoxy groups -OCH3 is 1. The van der Waals surface area contributed by atoms with Crippen molar-refractivity contribution in [1.82, 2.24) is 15.0 Å². The summed E-state index contributed by atoms with van der Waals surface area (Å²) in [5.74, 6) is 1.95. The van der Waals surface area contributed by atoms with E-state index in [9.17, 15) is 12.8 Å². The number of nitrogens with one attached hydrogen (secondary N) is 1. The summed E-state index contributed by atoms with van der Waals surface area (Å²) >= 11 is 0. The van der Waals surface area contributed by atoms with Gasteiger partial charge in [-0.25, -0.2) is 22.8 Å². The van der Waals surface area contributed by atoms with E-state index >= 15 is 0 Å². The predicted molar refractivity (Wildman–Crippen MR) is 154 cm³/mol. The standard InChI is InChI=1S/C28H37FN6O3S/c1-17(2)20-6-7-24(35-14-19(18(35)3)16-39(5,36)37)22-13-31-27(12-21(20)22)32-26-8-10-30-28(33-26)34-11-9-25(38-4)23(29)15-34/h6-8,10,12-13,17-19,23,25H,9,11,14-16H2,1-5H3,(H,30,31,32,33)/t18-,19-,23+,25-/m1/s1/i4D3. The van der Waals surface area contributed by atoms with Gasteiger partial charge in [-0.15, -0.1) is 0 Å². The van der Waals surface area contributed by atoms with Gasteiger partial charge in [0.15, 0.2) is 0 Å². The molecule has 2 aliphatic rings. The van der Waals surface area contributed by atoms with Gasteiger partial charge in [0.05, 0.1) is 22.5 Å². The van der Waals surface area contributed by atoms with Crippen molar-refractivity contribution < 1.29 is 21.7 Å². The largest absolute Gasteiger partial charge is 0.378 e. The molecule has 0 unspecified atom stereocenters. The van der Waals surface area contributed by atoms with E-state index in [4.69, 9.17) is 8.85 Å². The number of rotatable bonds is 8. The van der Waals surface area contributed by atoms with E-state index in [2.05, 4.69) is 58.1 Å². The molecule has 0 bridgehead atoms. The molecule has 9 nitrogen and oxygen atoms in total. The summed E-state index contributed by atoms with van der Waals surface area (Å²) in [6, 6.07) is 8.01. The number of anilines is 4. The summed E-state index contributed by atoms with van der Waals surface area (Å²) < 4.78 is 65.1. The topological polar surface area (TPSA) is 101 Å². The molecular weight excluding hydrogens is 519 g/mol. The lowest BCUT2D eigenvalue weighted by atomic mass is 9.88. The average molecular weight is 560 g/mol. The molecule has 1 aromatic carbocycles. The van der Waals surface area contributed by atoms with Crippen molar-refractivity contribution in [2.24, 2.45) is 5.92 Å². The number of nitrogens with zero attached hydrogens (tertiary/aromatic N) is 5. The van der Waals surface area contributed by atoms with Gasteiger partial charge in [0, 0.05) is 61.8 Å². The van der Waals surface area contributed by atoms with Gasteiger partial charge in [0.25, 0.3) is 0 Å². The van der Waals surface area contributed by atoms with Gasteiger partial charge < -0.3 is 19.9 Å². The molecule has 5 rings (SSSR count). The lowest BCUT2D eigenvalue weighted by Crippen LogP contribution is -2.57. The molecule has 0 aliphatic carbocycles. The minimum absolute atomic E-state index is 0.0705. The number of hydrogen-bond acceptors (Lipinski definition) is 9. The van der Waals surface area contributed by atoms with Crippen LogP contribution >= 0.6 is 0 Å². The van der Waals surface area contributed by atoms with E-state index in [1.807, 2.05) is 12.3 Å². The van der Waals surface area contributed by atoms with Crippen LogP contribution in [0.25, 0.3) is 10.8 Å². The SMILES string of the molecule is [2H]C([2H])([2H])O[C@@H]1CCN(c2nccc(Nc3cc4c(C(C)C)ccc(N5C[C@H](CS(C)(=O)=O)[C@H]5C)c4cn3)n2)C[C@@H]1F. The quantitative estimate of drug-likeness (QED) is 0.432. The number of benzene rings is 1. The first-order valence-corrected chi connectivity index (χ1v) is 15.3. The van der Waals surface area contributed by atoms with Crippen LogP contribution in [0.15, 0.2) is 36.7 Å². The highest BCUT2D eigenvalue weighted by atomic mass is 32.2. The van der Waals surface area contributed by atoms with Crippen LogP contribution < -0.4 is 15.1 Å². The van der Waals surface area contributed by atoms with Crippen LogP contribution in [-0.2, 0) is 14.6 Å². The van der Waals surface area contributed by atoms with Crippen molar-refractivity contribution in [3.8, 4) is 0 Å². The van der Waals surface area contributed by atoms with Crippen molar-refractivity contribution in [2.45, 2.75) is 51.4 Å². The Morgan fingerprint density at radius 3 is 2.72 bits per heavy atom. The number of hydrogen-bond donors (Lipinski definition) is 1. The Bertz CT molecular complexity index is 1560. The van der Waals surface area contributed by atoms with Crippen LogP contribution in [0.2, 0.25) is 0 Å². The summed E-state index contributed by atoms with van der Waals surface area (Å²) in [4.78, 5) is 17.4. The van der Waals surface area contributed by atoms with Gasteiger partial charge in [-0.3, -0.25) is 0 Å². The normalized spacial score (nSPS) is 25.2. The Hall–Kier alpha value is -3.05. The Kier molecular flexibility index (Phi) is 6.62. The Labute approximate surface area is 233 Å². The molecule has 1 N–H and O–H groups in total. The molecule has 2 saturated heterocycles. The molecule has 2 aliphatic heterocycles. The molecule has 2 aromatic heterocycles. The molecule has 3 aromatic rings. The van der Waals surface area contributed by atoms with Gasteiger partial charge in [0.1, 0.15) is 27.6 Å². The van der Waals surface area contributed by atoms with E-state index in [1.54, 1.807) is 17.2 Å². The molecule has 210 valence electrons. The van der Waals surface area contributed by atoms with Crippen molar-refractivity contribution in [2.75, 3.05) is 53.8 Å². The van der Waals surface area contributed by atoms with Crippen molar-refractivity contribution >= 4 is 43.9 Å². The lowest BCUT2D eigenvalue weighted by molar-refractivity contribution is 0.0194. The molecule has 39 heavy (non-hydrogen) atoms. The van der Waals surface area contributed by atoms with Crippen LogP contribution in [0, 0.1) is 5.92 Å². The van der Waals surface area contributed by atoms with E-state index in [0.717, 1.165) is 16.5 Å². The number of sulfone groups is 1. The molecule has 0 saturated carbocycles. The van der Waals surface area contributed by atoms with Crippen LogP contribution in [0.5, 0.6) is 0 Å². The molecule has 0 spiro atoms. The summed E-state index contributed by atoms with van der Waals surface area (Å²) in [5, 5.41) is 5.29. The first-order valence-electron chi connectivity index (χ1n) is 14.7. The average Bonchev–Trinajstić information content (AvgIpc) is 2.90. The maximum Gasteiger partial charge on any atom is 0.227 e. The highest BCUT2D eigenvalue weighted by Crippen LogP contribution is 2.39. The van der Waals surface area contributed by atoms with Crippen LogP contribution in [-0.4, -0.2) is 80.4 Å². The van der Waals surface area contributed by atoms with Crippen LogP contribution in [0.3, 0.4) is 0 Å². The van der Waals surface area contributed by atoms with Crippen LogP contribution in [0.4, 0.5) is 27.7 Å². The second-order valence-electron chi connectivity index (χ2n) is 11.0. The van der Waals surface area contributed by atoms with Crippen molar-refractivity contribution in [3.63, 3.8) is 0 Å². The fourth-order valence-corrected chi connectivity index (χ4v) is 6.72. The van der Waals surface area contributed by atoms with Crippen molar-refractivity contribution in [1.29, 1.82) is 0 Å². The monoisotopic (exact) mass is 559 g/mol. The summed E-state index contributed by atoms with van der Waals surface area (Å²) in [6.07, 6.45) is 2.42. The second-order valence-corrected chi connectivity index (χ2v) is 13.1. The zero-order valence-corrected chi connectivity index (χ0v) is 23.4. The number of halogens is 1. The maximum absolute atomic E-state index is 14.7. The van der Waals surface area contributed by atoms with Gasteiger partial charge in [-0.05, 0) is 48.4 Å². The second kappa shape index (κ2) is 10.8. The molecule has 2 fully saturated rings. The first-order chi connectivity index (χ1) is 19.7. The van der Waals surface area contributed by atoms with E-state index in [1.165, 1.54) is 11.8 Å². The molecule has 0 amide bonds. The zero-order valence-electron chi connectivity index (χ0n) is 25.6. The minimum Gasteiger partial charge on any atom is -0.378 e. The predicted octanol–water partition coefficient (Wildman–Crippen LogP) is 4.32. The Morgan fingerprint density at radius 2 is 2.03 bits per heavy atom. The van der Waals surface area contributed by atoms with E-state index in [-0.39, 0.29) is 36.6 Å². The Morgan fingerprint density at radius 1 is 1.21 bits per heavy atom. The van der Waals surface area contributed by atoms with Gasteiger partial charge in [-0.1, -0.05) is 19.9 Å². The number of piperidine rings is 1. The minimum atomic E-state index is -3.05. The molecule has 4 heterocycles. The highest BCUT2D eigenvalue weighted by Gasteiger charge is 2.38. The van der Waals surface area contributed by atoms with Gasteiger partial charge >= 0.3 is 0 Å². The zero-order chi connectivity index (χ0) is 30.4. The smallest absolute Gasteiger partial charge is 0.227 e. The lowest BCUT2D eigenvalue weighted by Gasteiger charge is -2.48. The molecule has 11 heteroatoms. The molecule has 4 atom stereocenters. The Balaban J connectivity index is 1.35. The fourth-order valence-electron chi connectivity index (χ4n) is 5.55. The third-order valence-electron chi connectivity index (χ3n) is 7.78. The summed E-state index contributed by atoms with van der Waals surface area (Å²) in [5.41, 5.74) is 2.20. The first kappa shape index (κ1) is 23.8. The maximum atomic E-state index is 14.7. The number of ether oxygens (including phenoxy) is 1. The molecule has 0 radical (unpaired) electrons. The number of alkyl halides is 1. The van der Waals surface area contributed by atoms with Crippen LogP contribution in [0.1, 0.15) is 42.8 Å².